The molecular formula is C23H27N3O4. The fraction of sp³-hybridized carbons (Fsp3) is 0.391. The average molecular weight is 409 g/mol. The van der Waals surface area contributed by atoms with Gasteiger partial charge in [0.1, 0.15) is 0 Å². The summed E-state index contributed by atoms with van der Waals surface area (Å²) in [6.07, 6.45) is 2.13. The molecule has 2 amide bonds. The maximum Gasteiger partial charge on any atom is 0.272 e. The van der Waals surface area contributed by atoms with Crippen LogP contribution < -0.4 is 5.32 Å². The molecule has 2 aromatic rings. The Labute approximate surface area is 176 Å². The number of carbonyl (C=O) groups excluding carboxylic acids is 2. The molecule has 7 nitrogen and oxygen atoms in total. The number of aryl methyl sites for hydroxylation is 1. The number of hydrogen-bond donors (Lipinski definition) is 1. The van der Waals surface area contributed by atoms with Gasteiger partial charge in [-0.25, -0.2) is 0 Å². The number of likely N-dealkylation sites (tertiary alicyclic amines) is 1. The van der Waals surface area contributed by atoms with Crippen LogP contribution in [0.3, 0.4) is 0 Å². The van der Waals surface area contributed by atoms with Crippen LogP contribution in [0.5, 0.6) is 0 Å². The molecule has 0 aromatic heterocycles. The maximum absolute atomic E-state index is 13.0. The first-order valence-electron chi connectivity index (χ1n) is 10.3. The number of benzene rings is 2. The van der Waals surface area contributed by atoms with Crippen molar-refractivity contribution in [1.29, 1.82) is 0 Å². The largest absolute Gasteiger partial charge is 0.349 e. The molecule has 0 aliphatic carbocycles. The van der Waals surface area contributed by atoms with Crippen molar-refractivity contribution in [3.8, 4) is 0 Å². The van der Waals surface area contributed by atoms with Crippen LogP contribution in [0.25, 0.3) is 0 Å². The number of hydrogen-bond acceptors (Lipinski definition) is 4. The van der Waals surface area contributed by atoms with E-state index in [0.29, 0.717) is 37.1 Å². The lowest BCUT2D eigenvalue weighted by Gasteiger charge is -2.34. The summed E-state index contributed by atoms with van der Waals surface area (Å²) in [7, 11) is 0. The lowest BCUT2D eigenvalue weighted by molar-refractivity contribution is -0.385. The Kier molecular flexibility index (Phi) is 6.82. The van der Waals surface area contributed by atoms with Crippen LogP contribution in [-0.2, 0) is 4.79 Å². The minimum atomic E-state index is -0.456. The molecule has 2 aromatic carbocycles. The molecule has 158 valence electrons. The lowest BCUT2D eigenvalue weighted by Crippen LogP contribution is -2.47. The standard InChI is InChI=1S/C23H27N3O4/c1-3-20(17-7-5-4-6-8-17)23(28)25-13-11-19(12-14-25)24-22(27)18-9-10-21(26(29)30)16(2)15-18/h4-10,15,19-20H,3,11-14H2,1-2H3,(H,24,27)/t20-/m1/s1. The molecule has 0 bridgehead atoms. The normalized spacial score (nSPS) is 15.5. The van der Waals surface area contributed by atoms with Crippen molar-refractivity contribution in [2.24, 2.45) is 0 Å². The molecule has 1 atom stereocenters. The van der Waals surface area contributed by atoms with Crippen molar-refractivity contribution in [3.05, 3.63) is 75.3 Å². The zero-order chi connectivity index (χ0) is 21.7. The van der Waals surface area contributed by atoms with Gasteiger partial charge in [-0.3, -0.25) is 19.7 Å². The number of nitrogens with zero attached hydrogens (tertiary/aromatic N) is 2. The van der Waals surface area contributed by atoms with Gasteiger partial charge >= 0.3 is 0 Å². The van der Waals surface area contributed by atoms with Gasteiger partial charge in [-0.1, -0.05) is 37.3 Å². The van der Waals surface area contributed by atoms with Gasteiger partial charge in [0.25, 0.3) is 11.6 Å². The Bertz CT molecular complexity index is 921. The Morgan fingerprint density at radius 3 is 2.40 bits per heavy atom. The monoisotopic (exact) mass is 409 g/mol. The van der Waals surface area contributed by atoms with Crippen molar-refractivity contribution >= 4 is 17.5 Å². The van der Waals surface area contributed by atoms with Gasteiger partial charge in [0.15, 0.2) is 0 Å². The molecule has 1 saturated heterocycles. The summed E-state index contributed by atoms with van der Waals surface area (Å²) >= 11 is 0. The first-order valence-corrected chi connectivity index (χ1v) is 10.3. The highest BCUT2D eigenvalue weighted by atomic mass is 16.6. The summed E-state index contributed by atoms with van der Waals surface area (Å²) in [6.45, 7) is 4.85. The predicted octanol–water partition coefficient (Wildman–Crippen LogP) is 3.82. The molecule has 1 aliphatic heterocycles. The second-order valence-electron chi connectivity index (χ2n) is 7.70. The number of piperidine rings is 1. The third-order valence-electron chi connectivity index (χ3n) is 5.71. The molecule has 0 radical (unpaired) electrons. The van der Waals surface area contributed by atoms with Crippen LogP contribution in [0, 0.1) is 17.0 Å². The molecule has 1 N–H and O–H groups in total. The molecule has 3 rings (SSSR count). The van der Waals surface area contributed by atoms with E-state index in [1.165, 1.54) is 18.2 Å². The van der Waals surface area contributed by atoms with Crippen molar-refractivity contribution in [3.63, 3.8) is 0 Å². The fourth-order valence-corrected chi connectivity index (χ4v) is 3.97. The van der Waals surface area contributed by atoms with Gasteiger partial charge < -0.3 is 10.2 Å². The molecule has 1 heterocycles. The third-order valence-corrected chi connectivity index (χ3v) is 5.71. The van der Waals surface area contributed by atoms with E-state index in [1.54, 1.807) is 6.92 Å². The van der Waals surface area contributed by atoms with E-state index < -0.39 is 4.92 Å². The van der Waals surface area contributed by atoms with Gasteiger partial charge in [-0.2, -0.15) is 0 Å². The highest BCUT2D eigenvalue weighted by Gasteiger charge is 2.29. The van der Waals surface area contributed by atoms with Crippen LogP contribution in [-0.4, -0.2) is 40.8 Å². The third kappa shape index (κ3) is 4.84. The molecular weight excluding hydrogens is 382 g/mol. The van der Waals surface area contributed by atoms with E-state index in [0.717, 1.165) is 12.0 Å². The molecule has 1 aliphatic rings. The topological polar surface area (TPSA) is 92.6 Å². The second-order valence-corrected chi connectivity index (χ2v) is 7.70. The molecule has 1 fully saturated rings. The first kappa shape index (κ1) is 21.5. The number of carbonyl (C=O) groups is 2. The van der Waals surface area contributed by atoms with Gasteiger partial charge in [0.05, 0.1) is 10.8 Å². The SMILES string of the molecule is CC[C@@H](C(=O)N1CCC(NC(=O)c2ccc([N+](=O)[O-])c(C)c2)CC1)c1ccccc1. The average Bonchev–Trinajstić information content (AvgIpc) is 2.75. The van der Waals surface area contributed by atoms with Crippen LogP contribution >= 0.6 is 0 Å². The summed E-state index contributed by atoms with van der Waals surface area (Å²) in [4.78, 5) is 37.9. The highest BCUT2D eigenvalue weighted by Crippen LogP contribution is 2.24. The second kappa shape index (κ2) is 9.52. The van der Waals surface area contributed by atoms with Crippen LogP contribution in [0.4, 0.5) is 5.69 Å². The molecule has 0 spiro atoms. The maximum atomic E-state index is 13.0. The number of nitro benzene ring substituents is 1. The van der Waals surface area contributed by atoms with Crippen molar-refractivity contribution in [1.82, 2.24) is 10.2 Å². The number of amides is 2. The zero-order valence-corrected chi connectivity index (χ0v) is 17.3. The van der Waals surface area contributed by atoms with E-state index in [2.05, 4.69) is 5.32 Å². The minimum Gasteiger partial charge on any atom is -0.349 e. The fourth-order valence-electron chi connectivity index (χ4n) is 3.97. The van der Waals surface area contributed by atoms with Gasteiger partial charge in [0, 0.05) is 36.3 Å². The quantitative estimate of drug-likeness (QED) is 0.580. The van der Waals surface area contributed by atoms with E-state index in [-0.39, 0.29) is 29.5 Å². The Morgan fingerprint density at radius 2 is 1.83 bits per heavy atom. The van der Waals surface area contributed by atoms with Crippen LogP contribution in [0.15, 0.2) is 48.5 Å². The Balaban J connectivity index is 1.56. The molecule has 7 heteroatoms. The van der Waals surface area contributed by atoms with Crippen molar-refractivity contribution < 1.29 is 14.5 Å². The zero-order valence-electron chi connectivity index (χ0n) is 17.3. The Hall–Kier alpha value is -3.22. The molecule has 0 unspecified atom stereocenters. The summed E-state index contributed by atoms with van der Waals surface area (Å²) in [6, 6.07) is 14.2. The smallest absolute Gasteiger partial charge is 0.272 e. The number of nitrogens with one attached hydrogen (secondary N) is 1. The lowest BCUT2D eigenvalue weighted by atomic mass is 9.93. The van der Waals surface area contributed by atoms with Gasteiger partial charge in [0.2, 0.25) is 5.91 Å². The van der Waals surface area contributed by atoms with Gasteiger partial charge in [-0.15, -0.1) is 0 Å². The molecule has 30 heavy (non-hydrogen) atoms. The van der Waals surface area contributed by atoms with Crippen molar-refractivity contribution in [2.45, 2.75) is 45.1 Å². The first-order chi connectivity index (χ1) is 14.4. The summed E-state index contributed by atoms with van der Waals surface area (Å²) < 4.78 is 0. The predicted molar refractivity (Wildman–Crippen MR) is 114 cm³/mol. The summed E-state index contributed by atoms with van der Waals surface area (Å²) in [5, 5.41) is 13.9. The number of nitro groups is 1. The molecule has 0 saturated carbocycles. The van der Waals surface area contributed by atoms with E-state index in [4.69, 9.17) is 0 Å². The Morgan fingerprint density at radius 1 is 1.17 bits per heavy atom. The van der Waals surface area contributed by atoms with Crippen LogP contribution in [0.1, 0.15) is 53.6 Å². The van der Waals surface area contributed by atoms with E-state index in [9.17, 15) is 19.7 Å². The van der Waals surface area contributed by atoms with E-state index >= 15 is 0 Å². The minimum absolute atomic E-state index is 0.00210. The summed E-state index contributed by atoms with van der Waals surface area (Å²) in [5.41, 5.74) is 1.91. The van der Waals surface area contributed by atoms with E-state index in [1.807, 2.05) is 42.2 Å². The highest BCUT2D eigenvalue weighted by molar-refractivity contribution is 5.95. The number of rotatable bonds is 6. The van der Waals surface area contributed by atoms with Gasteiger partial charge in [-0.05, 0) is 43.9 Å². The van der Waals surface area contributed by atoms with Crippen LogP contribution in [0.2, 0.25) is 0 Å². The van der Waals surface area contributed by atoms with Crippen molar-refractivity contribution in [2.75, 3.05) is 13.1 Å². The summed E-state index contributed by atoms with van der Waals surface area (Å²) in [5.74, 6) is -0.242.